The molecule has 0 atom stereocenters. The van der Waals surface area contributed by atoms with Crippen molar-refractivity contribution in [3.8, 4) is 28.0 Å². The summed E-state index contributed by atoms with van der Waals surface area (Å²) in [6.07, 6.45) is 9.14. The van der Waals surface area contributed by atoms with E-state index in [2.05, 4.69) is 15.0 Å². The van der Waals surface area contributed by atoms with E-state index in [1.807, 2.05) is 30.5 Å². The summed E-state index contributed by atoms with van der Waals surface area (Å²) >= 11 is 0. The van der Waals surface area contributed by atoms with Gasteiger partial charge in [-0.25, -0.2) is 18.3 Å². The molecule has 3 heterocycles. The van der Waals surface area contributed by atoms with Crippen molar-refractivity contribution in [2.24, 2.45) is 0 Å². The first-order valence-corrected chi connectivity index (χ1v) is 10.9. The number of benzene rings is 2. The fraction of sp³-hybridized carbons (Fsp3) is 0.280. The smallest absolute Gasteiger partial charge is 0.162 e. The molecule has 2 aromatic carbocycles. The highest BCUT2D eigenvalue weighted by molar-refractivity contribution is 5.77. The Kier molecular flexibility index (Phi) is 5.81. The molecule has 0 radical (unpaired) electrons. The summed E-state index contributed by atoms with van der Waals surface area (Å²) in [5.41, 5.74) is 3.65. The van der Waals surface area contributed by atoms with Crippen molar-refractivity contribution in [1.29, 1.82) is 0 Å². The van der Waals surface area contributed by atoms with Crippen LogP contribution in [-0.2, 0) is 0 Å². The molecule has 0 unspecified atom stereocenters. The molecule has 0 bridgehead atoms. The van der Waals surface area contributed by atoms with Crippen molar-refractivity contribution in [3.63, 3.8) is 0 Å². The number of hydrogen-bond donors (Lipinski definition) is 0. The fourth-order valence-electron chi connectivity index (χ4n) is 4.11. The molecule has 0 aliphatic carbocycles. The van der Waals surface area contributed by atoms with Crippen molar-refractivity contribution < 1.29 is 13.5 Å². The predicted molar refractivity (Wildman–Crippen MR) is 120 cm³/mol. The molecule has 1 aliphatic heterocycles. The van der Waals surface area contributed by atoms with Gasteiger partial charge in [0.15, 0.2) is 17.3 Å². The zero-order valence-corrected chi connectivity index (χ0v) is 17.7. The second-order valence-corrected chi connectivity index (χ2v) is 8.07. The van der Waals surface area contributed by atoms with Crippen molar-refractivity contribution >= 4 is 5.65 Å². The Bertz CT molecular complexity index is 1220. The number of likely N-dealkylation sites (tertiary alicyclic amines) is 1. The molecule has 0 saturated carbocycles. The van der Waals surface area contributed by atoms with E-state index in [1.54, 1.807) is 16.9 Å². The Labute approximate surface area is 185 Å². The Morgan fingerprint density at radius 2 is 1.62 bits per heavy atom. The lowest BCUT2D eigenvalue weighted by Crippen LogP contribution is -2.33. The lowest BCUT2D eigenvalue weighted by molar-refractivity contribution is 0.183. The first kappa shape index (κ1) is 20.6. The highest BCUT2D eigenvalue weighted by Gasteiger charge is 2.12. The van der Waals surface area contributed by atoms with Crippen LogP contribution < -0.4 is 4.74 Å². The molecule has 32 heavy (non-hydrogen) atoms. The first-order chi connectivity index (χ1) is 15.7. The van der Waals surface area contributed by atoms with Gasteiger partial charge in [0.05, 0.1) is 6.20 Å². The maximum Gasteiger partial charge on any atom is 0.162 e. The number of halogens is 2. The van der Waals surface area contributed by atoms with Gasteiger partial charge in [-0.05, 0) is 61.3 Å². The molecule has 0 N–H and O–H groups in total. The van der Waals surface area contributed by atoms with Crippen LogP contribution in [0.1, 0.15) is 19.3 Å². The van der Waals surface area contributed by atoms with Gasteiger partial charge in [0, 0.05) is 30.1 Å². The molecule has 1 aliphatic rings. The van der Waals surface area contributed by atoms with E-state index in [1.165, 1.54) is 38.4 Å². The second kappa shape index (κ2) is 9.04. The standard InChI is InChI=1S/C25H24F2N4O/c26-23-9-6-19(14-24(23)27)22-16-29-31-17-20(15-28-25(22)31)18-4-7-21(8-5-18)32-13-12-30-10-2-1-3-11-30/h4-9,14-17H,1-3,10-13H2. The number of hydrogen-bond acceptors (Lipinski definition) is 4. The topological polar surface area (TPSA) is 42.7 Å². The SMILES string of the molecule is Fc1ccc(-c2cnn3cc(-c4ccc(OCCN5CCCCC5)cc4)cnc23)cc1F. The van der Waals surface area contributed by atoms with Crippen molar-refractivity contribution in [1.82, 2.24) is 19.5 Å². The Hall–Kier alpha value is -3.32. The van der Waals surface area contributed by atoms with Gasteiger partial charge in [-0.2, -0.15) is 5.10 Å². The molecule has 1 fully saturated rings. The minimum absolute atomic E-state index is 0.533. The molecule has 2 aromatic heterocycles. The highest BCUT2D eigenvalue weighted by Crippen LogP contribution is 2.27. The Morgan fingerprint density at radius 3 is 2.41 bits per heavy atom. The summed E-state index contributed by atoms with van der Waals surface area (Å²) < 4.78 is 34.4. The van der Waals surface area contributed by atoms with Gasteiger partial charge < -0.3 is 4.74 Å². The van der Waals surface area contributed by atoms with E-state index in [0.29, 0.717) is 23.4 Å². The molecule has 164 valence electrons. The lowest BCUT2D eigenvalue weighted by atomic mass is 10.1. The number of ether oxygens (including phenoxy) is 1. The van der Waals surface area contributed by atoms with Crippen LogP contribution in [-0.4, -0.2) is 45.7 Å². The van der Waals surface area contributed by atoms with Crippen LogP contribution in [0.2, 0.25) is 0 Å². The van der Waals surface area contributed by atoms with Gasteiger partial charge >= 0.3 is 0 Å². The maximum absolute atomic E-state index is 13.6. The van der Waals surface area contributed by atoms with E-state index >= 15 is 0 Å². The Balaban J connectivity index is 1.28. The summed E-state index contributed by atoms with van der Waals surface area (Å²) in [6, 6.07) is 11.7. The van der Waals surface area contributed by atoms with Gasteiger partial charge in [-0.3, -0.25) is 4.90 Å². The van der Waals surface area contributed by atoms with Crippen LogP contribution in [0.15, 0.2) is 61.1 Å². The first-order valence-electron chi connectivity index (χ1n) is 10.9. The average Bonchev–Trinajstić information content (AvgIpc) is 3.25. The summed E-state index contributed by atoms with van der Waals surface area (Å²) in [7, 11) is 0. The largest absolute Gasteiger partial charge is 0.492 e. The molecule has 0 amide bonds. The van der Waals surface area contributed by atoms with Crippen molar-refractivity contribution in [2.45, 2.75) is 19.3 Å². The third-order valence-electron chi connectivity index (χ3n) is 5.90. The normalized spacial score (nSPS) is 14.7. The minimum atomic E-state index is -0.892. The predicted octanol–water partition coefficient (Wildman–Crippen LogP) is 5.21. The van der Waals surface area contributed by atoms with E-state index < -0.39 is 11.6 Å². The molecular formula is C25H24F2N4O. The summed E-state index contributed by atoms with van der Waals surface area (Å²) in [4.78, 5) is 6.97. The third-order valence-corrected chi connectivity index (χ3v) is 5.90. The zero-order valence-electron chi connectivity index (χ0n) is 17.7. The zero-order chi connectivity index (χ0) is 21.9. The minimum Gasteiger partial charge on any atom is -0.492 e. The number of nitrogens with zero attached hydrogens (tertiary/aromatic N) is 4. The highest BCUT2D eigenvalue weighted by atomic mass is 19.2. The number of piperidine rings is 1. The van der Waals surface area contributed by atoms with E-state index in [0.717, 1.165) is 35.6 Å². The van der Waals surface area contributed by atoms with E-state index in [9.17, 15) is 8.78 Å². The van der Waals surface area contributed by atoms with Crippen LogP contribution in [0.3, 0.4) is 0 Å². The monoisotopic (exact) mass is 434 g/mol. The van der Waals surface area contributed by atoms with Crippen LogP contribution in [0.25, 0.3) is 27.9 Å². The van der Waals surface area contributed by atoms with Crippen LogP contribution in [0.5, 0.6) is 5.75 Å². The van der Waals surface area contributed by atoms with Crippen LogP contribution in [0, 0.1) is 11.6 Å². The average molecular weight is 434 g/mol. The number of aromatic nitrogens is 3. The fourth-order valence-corrected chi connectivity index (χ4v) is 4.11. The molecule has 5 rings (SSSR count). The van der Waals surface area contributed by atoms with Gasteiger partial charge in [0.2, 0.25) is 0 Å². The quantitative estimate of drug-likeness (QED) is 0.418. The van der Waals surface area contributed by atoms with Gasteiger partial charge in [0.1, 0.15) is 12.4 Å². The second-order valence-electron chi connectivity index (χ2n) is 8.07. The Morgan fingerprint density at radius 1 is 0.844 bits per heavy atom. The van der Waals surface area contributed by atoms with Gasteiger partial charge in [0.25, 0.3) is 0 Å². The molecule has 0 spiro atoms. The van der Waals surface area contributed by atoms with Crippen LogP contribution >= 0.6 is 0 Å². The third kappa shape index (κ3) is 4.34. The van der Waals surface area contributed by atoms with Crippen molar-refractivity contribution in [2.75, 3.05) is 26.2 Å². The molecule has 1 saturated heterocycles. The molecule has 7 heteroatoms. The maximum atomic E-state index is 13.6. The molecule has 4 aromatic rings. The van der Waals surface area contributed by atoms with E-state index in [4.69, 9.17) is 4.74 Å². The summed E-state index contributed by atoms with van der Waals surface area (Å²) in [6.45, 7) is 3.99. The van der Waals surface area contributed by atoms with Crippen LogP contribution in [0.4, 0.5) is 8.78 Å². The summed E-state index contributed by atoms with van der Waals surface area (Å²) in [5.74, 6) is -0.921. The number of rotatable bonds is 6. The van der Waals surface area contributed by atoms with Gasteiger partial charge in [-0.15, -0.1) is 0 Å². The lowest BCUT2D eigenvalue weighted by Gasteiger charge is -2.26. The summed E-state index contributed by atoms with van der Waals surface area (Å²) in [5, 5.41) is 4.34. The number of fused-ring (bicyclic) bond motifs is 1. The van der Waals surface area contributed by atoms with Gasteiger partial charge in [-0.1, -0.05) is 24.6 Å². The van der Waals surface area contributed by atoms with Crippen molar-refractivity contribution in [3.05, 3.63) is 72.7 Å². The molecule has 5 nitrogen and oxygen atoms in total. The van der Waals surface area contributed by atoms with E-state index in [-0.39, 0.29) is 0 Å². The molecular weight excluding hydrogens is 410 g/mol.